The summed E-state index contributed by atoms with van der Waals surface area (Å²) in [6.45, 7) is 1.35. The fourth-order valence-corrected chi connectivity index (χ4v) is 2.84. The maximum absolute atomic E-state index is 11.8. The van der Waals surface area contributed by atoms with Crippen molar-refractivity contribution in [2.24, 2.45) is 0 Å². The summed E-state index contributed by atoms with van der Waals surface area (Å²) in [5.74, 6) is -0.433. The standard InChI is InChI=1S/C15H13NO4/c1-9(17)20-13-4-2-3-10-11(13)5-6-12(10)16-14(18)7-8-15(16)19/h2-4,7-8,12H,5-6H2,1H3/t12-/m0/s1. The zero-order valence-corrected chi connectivity index (χ0v) is 11.0. The van der Waals surface area contributed by atoms with Gasteiger partial charge in [0, 0.05) is 24.6 Å². The number of carbonyl (C=O) groups excluding carboxylic acids is 3. The predicted octanol–water partition coefficient (Wildman–Crippen LogP) is 1.52. The van der Waals surface area contributed by atoms with Gasteiger partial charge in [-0.05, 0) is 24.5 Å². The lowest BCUT2D eigenvalue weighted by Gasteiger charge is -2.22. The summed E-state index contributed by atoms with van der Waals surface area (Å²) in [4.78, 5) is 35.9. The summed E-state index contributed by atoms with van der Waals surface area (Å²) in [5, 5.41) is 0. The molecule has 1 aromatic rings. The van der Waals surface area contributed by atoms with E-state index in [0.717, 1.165) is 11.1 Å². The molecule has 1 aliphatic heterocycles. The van der Waals surface area contributed by atoms with Crippen LogP contribution in [0.25, 0.3) is 0 Å². The number of hydrogen-bond acceptors (Lipinski definition) is 4. The average Bonchev–Trinajstić information content (AvgIpc) is 2.94. The van der Waals surface area contributed by atoms with E-state index in [0.29, 0.717) is 18.6 Å². The van der Waals surface area contributed by atoms with E-state index in [1.165, 1.54) is 24.0 Å². The third-order valence-electron chi connectivity index (χ3n) is 3.60. The number of imide groups is 1. The molecule has 0 unspecified atom stereocenters. The Morgan fingerprint density at radius 1 is 1.25 bits per heavy atom. The van der Waals surface area contributed by atoms with Crippen LogP contribution in [0.3, 0.4) is 0 Å². The third-order valence-corrected chi connectivity index (χ3v) is 3.60. The zero-order valence-electron chi connectivity index (χ0n) is 11.0. The van der Waals surface area contributed by atoms with E-state index in [4.69, 9.17) is 4.74 Å². The molecule has 1 aliphatic carbocycles. The zero-order chi connectivity index (χ0) is 14.3. The molecule has 0 spiro atoms. The molecule has 2 aliphatic rings. The van der Waals surface area contributed by atoms with E-state index in [9.17, 15) is 14.4 Å². The highest BCUT2D eigenvalue weighted by molar-refractivity contribution is 6.13. The van der Waals surface area contributed by atoms with Gasteiger partial charge in [0.25, 0.3) is 11.8 Å². The molecular formula is C15H13NO4. The molecule has 3 rings (SSSR count). The number of amides is 2. The van der Waals surface area contributed by atoms with Gasteiger partial charge in [-0.3, -0.25) is 19.3 Å². The molecule has 5 heteroatoms. The summed E-state index contributed by atoms with van der Waals surface area (Å²) in [6, 6.07) is 5.11. The Morgan fingerprint density at radius 3 is 2.60 bits per heavy atom. The molecule has 20 heavy (non-hydrogen) atoms. The smallest absolute Gasteiger partial charge is 0.308 e. The van der Waals surface area contributed by atoms with Gasteiger partial charge in [-0.1, -0.05) is 12.1 Å². The average molecular weight is 271 g/mol. The Labute approximate surface area is 115 Å². The Hall–Kier alpha value is -2.43. The summed E-state index contributed by atoms with van der Waals surface area (Å²) >= 11 is 0. The molecule has 0 aromatic heterocycles. The fourth-order valence-electron chi connectivity index (χ4n) is 2.84. The molecule has 2 amide bonds. The van der Waals surface area contributed by atoms with Crippen LogP contribution in [0, 0.1) is 0 Å². The van der Waals surface area contributed by atoms with Crippen LogP contribution >= 0.6 is 0 Å². The van der Waals surface area contributed by atoms with Crippen molar-refractivity contribution < 1.29 is 19.1 Å². The lowest BCUT2D eigenvalue weighted by Crippen LogP contribution is -2.33. The molecule has 0 saturated carbocycles. The number of ether oxygens (including phenoxy) is 1. The molecule has 1 heterocycles. The summed E-state index contributed by atoms with van der Waals surface area (Å²) in [6.07, 6.45) is 3.92. The summed E-state index contributed by atoms with van der Waals surface area (Å²) < 4.78 is 5.18. The number of esters is 1. The van der Waals surface area contributed by atoms with Crippen molar-refractivity contribution in [2.45, 2.75) is 25.8 Å². The number of nitrogens with zero attached hydrogens (tertiary/aromatic N) is 1. The maximum Gasteiger partial charge on any atom is 0.308 e. The summed E-state index contributed by atoms with van der Waals surface area (Å²) in [7, 11) is 0. The summed E-state index contributed by atoms with van der Waals surface area (Å²) in [5.41, 5.74) is 1.79. The predicted molar refractivity (Wildman–Crippen MR) is 69.8 cm³/mol. The SMILES string of the molecule is CC(=O)Oc1cccc2c1CC[C@@H]2N1C(=O)C=CC1=O. The first kappa shape index (κ1) is 12.6. The van der Waals surface area contributed by atoms with Crippen LogP contribution in [-0.4, -0.2) is 22.7 Å². The van der Waals surface area contributed by atoms with Gasteiger partial charge in [-0.15, -0.1) is 0 Å². The van der Waals surface area contributed by atoms with Crippen LogP contribution in [-0.2, 0) is 20.8 Å². The van der Waals surface area contributed by atoms with E-state index in [2.05, 4.69) is 0 Å². The first-order chi connectivity index (χ1) is 9.58. The van der Waals surface area contributed by atoms with Crippen molar-refractivity contribution in [1.29, 1.82) is 0 Å². The first-order valence-electron chi connectivity index (χ1n) is 6.43. The molecule has 102 valence electrons. The monoisotopic (exact) mass is 271 g/mol. The van der Waals surface area contributed by atoms with Crippen LogP contribution in [0.1, 0.15) is 30.5 Å². The van der Waals surface area contributed by atoms with Crippen molar-refractivity contribution >= 4 is 17.8 Å². The van der Waals surface area contributed by atoms with E-state index >= 15 is 0 Å². The fraction of sp³-hybridized carbons (Fsp3) is 0.267. The molecule has 5 nitrogen and oxygen atoms in total. The van der Waals surface area contributed by atoms with Gasteiger partial charge in [0.15, 0.2) is 0 Å². The van der Waals surface area contributed by atoms with Gasteiger partial charge >= 0.3 is 5.97 Å². The lowest BCUT2D eigenvalue weighted by atomic mass is 10.1. The van der Waals surface area contributed by atoms with Crippen LogP contribution in [0.2, 0.25) is 0 Å². The minimum absolute atomic E-state index is 0.268. The molecule has 0 radical (unpaired) electrons. The van der Waals surface area contributed by atoms with Crippen LogP contribution in [0.15, 0.2) is 30.4 Å². The molecule has 1 aromatic carbocycles. The molecule has 0 saturated heterocycles. The van der Waals surface area contributed by atoms with Gasteiger partial charge in [0.05, 0.1) is 6.04 Å². The van der Waals surface area contributed by atoms with Gasteiger partial charge in [0.2, 0.25) is 0 Å². The highest BCUT2D eigenvalue weighted by atomic mass is 16.5. The first-order valence-corrected chi connectivity index (χ1v) is 6.43. The second-order valence-corrected chi connectivity index (χ2v) is 4.85. The third kappa shape index (κ3) is 1.91. The van der Waals surface area contributed by atoms with Crippen LogP contribution in [0.4, 0.5) is 0 Å². The van der Waals surface area contributed by atoms with Gasteiger partial charge in [-0.25, -0.2) is 0 Å². The number of rotatable bonds is 2. The van der Waals surface area contributed by atoms with Gasteiger partial charge in [0.1, 0.15) is 5.75 Å². The second kappa shape index (κ2) is 4.59. The van der Waals surface area contributed by atoms with E-state index < -0.39 is 0 Å². The molecule has 0 N–H and O–H groups in total. The highest BCUT2D eigenvalue weighted by Crippen LogP contribution is 2.41. The topological polar surface area (TPSA) is 63.7 Å². The lowest BCUT2D eigenvalue weighted by molar-refractivity contribution is -0.139. The van der Waals surface area contributed by atoms with Crippen molar-refractivity contribution in [1.82, 2.24) is 4.90 Å². The van der Waals surface area contributed by atoms with Crippen LogP contribution < -0.4 is 4.74 Å². The number of fused-ring (bicyclic) bond motifs is 1. The quantitative estimate of drug-likeness (QED) is 0.465. The molecule has 0 fully saturated rings. The van der Waals surface area contributed by atoms with Crippen molar-refractivity contribution in [3.8, 4) is 5.75 Å². The largest absolute Gasteiger partial charge is 0.426 e. The van der Waals surface area contributed by atoms with E-state index in [1.54, 1.807) is 12.1 Å². The molecule has 1 atom stereocenters. The number of hydrogen-bond donors (Lipinski definition) is 0. The Kier molecular flexibility index (Phi) is 2.89. The highest BCUT2D eigenvalue weighted by Gasteiger charge is 2.37. The van der Waals surface area contributed by atoms with Crippen molar-refractivity contribution in [3.05, 3.63) is 41.5 Å². The van der Waals surface area contributed by atoms with Crippen molar-refractivity contribution in [2.75, 3.05) is 0 Å². The van der Waals surface area contributed by atoms with Gasteiger partial charge in [-0.2, -0.15) is 0 Å². The number of benzene rings is 1. The van der Waals surface area contributed by atoms with E-state index in [1.807, 2.05) is 6.07 Å². The number of carbonyl (C=O) groups is 3. The Morgan fingerprint density at radius 2 is 1.95 bits per heavy atom. The minimum atomic E-state index is -0.378. The van der Waals surface area contributed by atoms with Crippen molar-refractivity contribution in [3.63, 3.8) is 0 Å². The second-order valence-electron chi connectivity index (χ2n) is 4.85. The minimum Gasteiger partial charge on any atom is -0.426 e. The van der Waals surface area contributed by atoms with E-state index in [-0.39, 0.29) is 23.8 Å². The molecular weight excluding hydrogens is 258 g/mol. The van der Waals surface area contributed by atoms with Crippen LogP contribution in [0.5, 0.6) is 5.75 Å². The normalized spacial score (nSPS) is 20.4. The maximum atomic E-state index is 11.8. The van der Waals surface area contributed by atoms with Gasteiger partial charge < -0.3 is 4.74 Å². The Bertz CT molecular complexity index is 629. The molecule has 0 bridgehead atoms. The Balaban J connectivity index is 1.97.